The molecule has 1 fully saturated rings. The summed E-state index contributed by atoms with van der Waals surface area (Å²) in [6, 6.07) is 0. The number of rotatable bonds is 12. The predicted octanol–water partition coefficient (Wildman–Crippen LogP) is 6.99. The minimum Gasteiger partial charge on any atom is -0.484 e. The van der Waals surface area contributed by atoms with E-state index in [0.29, 0.717) is 12.5 Å². The van der Waals surface area contributed by atoms with E-state index < -0.39 is 0 Å². The van der Waals surface area contributed by atoms with Gasteiger partial charge in [-0.25, -0.2) is 0 Å². The minimum atomic E-state index is -0.00355. The molecule has 1 rings (SSSR count). The largest absolute Gasteiger partial charge is 0.484 e. The molecule has 2 unspecified atom stereocenters. The molecule has 26 heavy (non-hydrogen) atoms. The van der Waals surface area contributed by atoms with Crippen molar-refractivity contribution in [1.29, 1.82) is 0 Å². The Bertz CT molecular complexity index is 508. The van der Waals surface area contributed by atoms with E-state index in [1.807, 2.05) is 0 Å². The Morgan fingerprint density at radius 1 is 1.31 bits per heavy atom. The van der Waals surface area contributed by atoms with Crippen molar-refractivity contribution in [2.75, 3.05) is 13.7 Å². The lowest BCUT2D eigenvalue weighted by molar-refractivity contribution is 0.0189. The second-order valence-electron chi connectivity index (χ2n) is 8.43. The fraction of sp³-hybridized carbons (Fsp3) is 0.708. The second kappa shape index (κ2) is 11.5. The van der Waals surface area contributed by atoms with Crippen molar-refractivity contribution >= 4 is 0 Å². The van der Waals surface area contributed by atoms with Crippen molar-refractivity contribution in [3.63, 3.8) is 0 Å². The van der Waals surface area contributed by atoms with Crippen LogP contribution in [0.25, 0.3) is 0 Å². The molecule has 0 amide bonds. The van der Waals surface area contributed by atoms with Crippen molar-refractivity contribution in [1.82, 2.24) is 0 Å². The zero-order valence-electron chi connectivity index (χ0n) is 17.7. The maximum Gasteiger partial charge on any atom is 0.141 e. The van der Waals surface area contributed by atoms with Crippen LogP contribution in [-0.2, 0) is 9.47 Å². The van der Waals surface area contributed by atoms with E-state index in [1.165, 1.54) is 36.8 Å². The van der Waals surface area contributed by atoms with Gasteiger partial charge in [-0.1, -0.05) is 76.6 Å². The van der Waals surface area contributed by atoms with E-state index in [0.717, 1.165) is 37.9 Å². The van der Waals surface area contributed by atoms with Crippen LogP contribution in [0.3, 0.4) is 0 Å². The van der Waals surface area contributed by atoms with Crippen LogP contribution in [0.2, 0.25) is 0 Å². The number of hydrogen-bond acceptors (Lipinski definition) is 2. The summed E-state index contributed by atoms with van der Waals surface area (Å²) in [5.74, 6) is 1.26. The Hall–Kier alpha value is -1.24. The number of allylic oxidation sites excluding steroid dienone is 2. The Labute approximate surface area is 162 Å². The lowest BCUT2D eigenvalue weighted by atomic mass is 9.69. The molecule has 2 heteroatoms. The van der Waals surface area contributed by atoms with Gasteiger partial charge >= 0.3 is 0 Å². The van der Waals surface area contributed by atoms with E-state index >= 15 is 0 Å². The van der Waals surface area contributed by atoms with Gasteiger partial charge in [0.1, 0.15) is 11.9 Å². The first-order valence-electron chi connectivity index (χ1n) is 10.2. The van der Waals surface area contributed by atoms with Crippen LogP contribution in [0.15, 0.2) is 42.4 Å². The molecular weight excluding hydrogens is 320 g/mol. The van der Waals surface area contributed by atoms with Crippen LogP contribution in [0.5, 0.6) is 0 Å². The van der Waals surface area contributed by atoms with Crippen molar-refractivity contribution in [2.24, 2.45) is 11.3 Å². The molecule has 0 spiro atoms. The maximum absolute atomic E-state index is 6.33. The van der Waals surface area contributed by atoms with E-state index in [4.69, 9.17) is 9.47 Å². The van der Waals surface area contributed by atoms with E-state index in [9.17, 15) is 0 Å². The molecule has 0 aromatic heterocycles. The highest BCUT2D eigenvalue weighted by Crippen LogP contribution is 2.44. The van der Waals surface area contributed by atoms with Crippen LogP contribution in [0, 0.1) is 11.3 Å². The Balaban J connectivity index is 2.62. The second-order valence-corrected chi connectivity index (χ2v) is 8.43. The van der Waals surface area contributed by atoms with Crippen LogP contribution in [-0.4, -0.2) is 19.8 Å². The van der Waals surface area contributed by atoms with Gasteiger partial charge in [-0.05, 0) is 37.5 Å². The zero-order chi connectivity index (χ0) is 19.6. The highest BCUT2D eigenvalue weighted by atomic mass is 16.5. The molecule has 1 aliphatic carbocycles. The van der Waals surface area contributed by atoms with Crippen molar-refractivity contribution in [3.8, 4) is 0 Å². The van der Waals surface area contributed by atoms with E-state index in [-0.39, 0.29) is 11.5 Å². The smallest absolute Gasteiger partial charge is 0.141 e. The molecule has 0 bridgehead atoms. The van der Waals surface area contributed by atoms with Gasteiger partial charge in [0.15, 0.2) is 0 Å². The van der Waals surface area contributed by atoms with Crippen LogP contribution >= 0.6 is 0 Å². The fourth-order valence-corrected chi connectivity index (χ4v) is 3.78. The predicted molar refractivity (Wildman–Crippen MR) is 112 cm³/mol. The number of unbranched alkanes of at least 4 members (excludes halogenated alkanes) is 3. The van der Waals surface area contributed by atoms with Crippen molar-refractivity contribution in [2.45, 2.75) is 84.7 Å². The van der Waals surface area contributed by atoms with Gasteiger partial charge < -0.3 is 9.47 Å². The number of methoxy groups -OCH3 is 1. The van der Waals surface area contributed by atoms with E-state index in [1.54, 1.807) is 7.11 Å². The molecule has 0 saturated heterocycles. The van der Waals surface area contributed by atoms with Gasteiger partial charge in [0.2, 0.25) is 0 Å². The quantitative estimate of drug-likeness (QED) is 0.162. The SMILES string of the molecule is C=C=C(OC(COC)CC(=C)CCCCCC)C1CCC(=C)C(C)(C)C1. The molecule has 2 nitrogen and oxygen atoms in total. The molecular formula is C24H40O2. The van der Waals surface area contributed by atoms with Crippen LogP contribution in [0.4, 0.5) is 0 Å². The van der Waals surface area contributed by atoms with Crippen LogP contribution < -0.4 is 0 Å². The number of ether oxygens (including phenoxy) is 2. The van der Waals surface area contributed by atoms with Gasteiger partial charge in [0.25, 0.3) is 0 Å². The summed E-state index contributed by atoms with van der Waals surface area (Å²) in [7, 11) is 1.73. The van der Waals surface area contributed by atoms with E-state index in [2.05, 4.69) is 46.2 Å². The van der Waals surface area contributed by atoms with Crippen LogP contribution in [0.1, 0.15) is 78.6 Å². The molecule has 0 radical (unpaired) electrons. The Kier molecular flexibility index (Phi) is 10.1. The Morgan fingerprint density at radius 3 is 2.62 bits per heavy atom. The highest BCUT2D eigenvalue weighted by molar-refractivity contribution is 5.15. The fourth-order valence-electron chi connectivity index (χ4n) is 3.78. The van der Waals surface area contributed by atoms with Gasteiger partial charge in [-0.15, -0.1) is 0 Å². The third-order valence-corrected chi connectivity index (χ3v) is 5.60. The Morgan fingerprint density at radius 2 is 2.04 bits per heavy atom. The molecule has 1 aliphatic rings. The zero-order valence-corrected chi connectivity index (χ0v) is 17.7. The van der Waals surface area contributed by atoms with Crippen molar-refractivity contribution < 1.29 is 9.47 Å². The third kappa shape index (κ3) is 7.56. The highest BCUT2D eigenvalue weighted by Gasteiger charge is 2.34. The lowest BCUT2D eigenvalue weighted by Crippen LogP contribution is -2.29. The minimum absolute atomic E-state index is 0.00355. The van der Waals surface area contributed by atoms with Gasteiger partial charge in [-0.3, -0.25) is 0 Å². The first-order chi connectivity index (χ1) is 12.3. The molecule has 0 aliphatic heterocycles. The first kappa shape index (κ1) is 22.8. The molecule has 1 saturated carbocycles. The summed E-state index contributed by atoms with van der Waals surface area (Å²) in [4.78, 5) is 0. The molecule has 0 heterocycles. The molecule has 2 atom stereocenters. The molecule has 0 aromatic rings. The van der Waals surface area contributed by atoms with Gasteiger partial charge in [0, 0.05) is 19.4 Å². The molecule has 148 valence electrons. The summed E-state index contributed by atoms with van der Waals surface area (Å²) < 4.78 is 11.7. The topological polar surface area (TPSA) is 18.5 Å². The summed E-state index contributed by atoms with van der Waals surface area (Å²) in [6.45, 7) is 19.7. The summed E-state index contributed by atoms with van der Waals surface area (Å²) in [5.41, 5.74) is 5.82. The average molecular weight is 361 g/mol. The lowest BCUT2D eigenvalue weighted by Gasteiger charge is -2.38. The third-order valence-electron chi connectivity index (χ3n) is 5.60. The standard InChI is InChI=1S/C24H40O2/c1-8-10-11-12-13-19(3)16-22(18-25-7)26-23(9-2)21-15-14-20(4)24(5,6)17-21/h21-22H,2-4,8,10-18H2,1,5-7H3. The summed E-state index contributed by atoms with van der Waals surface area (Å²) >= 11 is 0. The van der Waals surface area contributed by atoms with Crippen molar-refractivity contribution in [3.05, 3.63) is 42.4 Å². The molecule has 0 aromatic carbocycles. The summed E-state index contributed by atoms with van der Waals surface area (Å²) in [6.07, 6.45) is 10.1. The summed E-state index contributed by atoms with van der Waals surface area (Å²) in [5, 5.41) is 0. The number of hydrogen-bond donors (Lipinski definition) is 0. The molecule has 0 N–H and O–H groups in total. The first-order valence-corrected chi connectivity index (χ1v) is 10.2. The monoisotopic (exact) mass is 360 g/mol. The van der Waals surface area contributed by atoms with Gasteiger partial charge in [-0.2, -0.15) is 0 Å². The normalized spacial score (nSPS) is 20.3. The van der Waals surface area contributed by atoms with Gasteiger partial charge in [0.05, 0.1) is 6.61 Å². The average Bonchev–Trinajstić information content (AvgIpc) is 2.59. The maximum atomic E-state index is 6.33.